The number of anilines is 1. The monoisotopic (exact) mass is 536 g/mol. The van der Waals surface area contributed by atoms with Crippen LogP contribution in [0.2, 0.25) is 0 Å². The molecule has 2 aromatic carbocycles. The second-order valence-corrected chi connectivity index (χ2v) is 10.1. The second-order valence-electron chi connectivity index (χ2n) is 9.05. The summed E-state index contributed by atoms with van der Waals surface area (Å²) < 4.78 is 20.7. The van der Waals surface area contributed by atoms with Crippen molar-refractivity contribution < 1.29 is 18.8 Å². The Morgan fingerprint density at radius 3 is 2.61 bits per heavy atom. The first-order valence-electron chi connectivity index (χ1n) is 12.3. The minimum Gasteiger partial charge on any atom is -0.463 e. The Hall–Kier alpha value is -4.12. The van der Waals surface area contributed by atoms with Crippen LogP contribution in [0.1, 0.15) is 43.9 Å². The molecule has 1 unspecified atom stereocenters. The van der Waals surface area contributed by atoms with E-state index < -0.39 is 28.3 Å². The molecule has 1 fully saturated rings. The number of hydrogen-bond acceptors (Lipinski definition) is 8. The lowest BCUT2D eigenvalue weighted by Gasteiger charge is -2.24. The summed E-state index contributed by atoms with van der Waals surface area (Å²) in [6.45, 7) is 5.15. The molecule has 0 aliphatic carbocycles. The highest BCUT2D eigenvalue weighted by Gasteiger charge is 2.33. The van der Waals surface area contributed by atoms with E-state index in [1.54, 1.807) is 26.0 Å². The van der Waals surface area contributed by atoms with Crippen LogP contribution in [-0.4, -0.2) is 35.2 Å². The summed E-state index contributed by atoms with van der Waals surface area (Å²) >= 11 is 1.13. The van der Waals surface area contributed by atoms with E-state index in [4.69, 9.17) is 4.74 Å². The molecular weight excluding hydrogens is 511 g/mol. The molecule has 0 bridgehead atoms. The van der Waals surface area contributed by atoms with Gasteiger partial charge in [0.2, 0.25) is 0 Å². The standard InChI is InChI=1S/C27H25FN4O5S/c1-3-37-26(34)23-16(2)29-27-31(24(23)17-6-8-19(28)9-7-17)25(33)22(38-27)15-18-14-20(32(35)36)10-11-21(18)30-12-4-5-13-30/h6-11,14-15,24H,3-5,12-13H2,1-2H3. The van der Waals surface area contributed by atoms with Gasteiger partial charge in [0.15, 0.2) is 4.80 Å². The highest BCUT2D eigenvalue weighted by Crippen LogP contribution is 2.31. The number of thiazole rings is 1. The highest BCUT2D eigenvalue weighted by molar-refractivity contribution is 7.07. The second kappa shape index (κ2) is 10.3. The number of nitrogens with zero attached hydrogens (tertiary/aromatic N) is 4. The lowest BCUT2D eigenvalue weighted by Crippen LogP contribution is -2.40. The van der Waals surface area contributed by atoms with Crippen LogP contribution < -0.4 is 19.8 Å². The average Bonchev–Trinajstić information content (AvgIpc) is 3.52. The maximum atomic E-state index is 13.8. The number of esters is 1. The third-order valence-electron chi connectivity index (χ3n) is 6.66. The number of carbonyl (C=O) groups excluding carboxylic acids is 1. The number of fused-ring (bicyclic) bond motifs is 1. The molecule has 0 radical (unpaired) electrons. The molecule has 5 rings (SSSR count). The van der Waals surface area contributed by atoms with Crippen LogP contribution in [-0.2, 0) is 9.53 Å². The van der Waals surface area contributed by atoms with Gasteiger partial charge < -0.3 is 9.64 Å². The van der Waals surface area contributed by atoms with Crippen LogP contribution >= 0.6 is 11.3 Å². The molecule has 0 amide bonds. The van der Waals surface area contributed by atoms with Crippen LogP contribution in [0.5, 0.6) is 0 Å². The molecule has 3 heterocycles. The lowest BCUT2D eigenvalue weighted by atomic mass is 9.96. The number of benzene rings is 2. The quantitative estimate of drug-likeness (QED) is 0.271. The number of aromatic nitrogens is 1. The van der Waals surface area contributed by atoms with Crippen LogP contribution in [0, 0.1) is 15.9 Å². The Kier molecular flexibility index (Phi) is 6.94. The fraction of sp³-hybridized carbons (Fsp3) is 0.296. The summed E-state index contributed by atoms with van der Waals surface area (Å²) in [5.74, 6) is -1.05. The number of hydrogen-bond donors (Lipinski definition) is 0. The first kappa shape index (κ1) is 25.5. The molecule has 3 aromatic rings. The molecule has 1 atom stereocenters. The van der Waals surface area contributed by atoms with E-state index in [2.05, 4.69) is 9.89 Å². The smallest absolute Gasteiger partial charge is 0.338 e. The van der Waals surface area contributed by atoms with Gasteiger partial charge in [0.25, 0.3) is 11.2 Å². The predicted octanol–water partition coefficient (Wildman–Crippen LogP) is 3.45. The Labute approximate surface area is 221 Å². The van der Waals surface area contributed by atoms with Gasteiger partial charge in [-0.2, -0.15) is 0 Å². The molecule has 1 saturated heterocycles. The molecule has 1 aromatic heterocycles. The average molecular weight is 537 g/mol. The van der Waals surface area contributed by atoms with E-state index in [1.807, 2.05) is 0 Å². The molecule has 0 saturated carbocycles. The van der Waals surface area contributed by atoms with Crippen LogP contribution in [0.4, 0.5) is 15.8 Å². The number of rotatable bonds is 6. The van der Waals surface area contributed by atoms with Crippen molar-refractivity contribution in [1.82, 2.24) is 4.57 Å². The topological polar surface area (TPSA) is 107 Å². The number of nitro groups is 1. The van der Waals surface area contributed by atoms with E-state index in [9.17, 15) is 24.1 Å². The molecule has 9 nitrogen and oxygen atoms in total. The molecular formula is C27H25FN4O5S. The van der Waals surface area contributed by atoms with Gasteiger partial charge >= 0.3 is 5.97 Å². The molecule has 11 heteroatoms. The van der Waals surface area contributed by atoms with E-state index >= 15 is 0 Å². The molecule has 2 aliphatic rings. The minimum absolute atomic E-state index is 0.0726. The first-order chi connectivity index (χ1) is 18.3. The summed E-state index contributed by atoms with van der Waals surface area (Å²) in [5, 5.41) is 11.5. The highest BCUT2D eigenvalue weighted by atomic mass is 32.1. The van der Waals surface area contributed by atoms with E-state index in [1.165, 1.54) is 41.0 Å². The zero-order valence-corrected chi connectivity index (χ0v) is 21.7. The molecule has 2 aliphatic heterocycles. The van der Waals surface area contributed by atoms with Gasteiger partial charge in [-0.15, -0.1) is 0 Å². The van der Waals surface area contributed by atoms with Gasteiger partial charge in [-0.3, -0.25) is 19.5 Å². The number of carbonyl (C=O) groups is 1. The van der Waals surface area contributed by atoms with Crippen molar-refractivity contribution >= 4 is 34.8 Å². The maximum absolute atomic E-state index is 13.8. The van der Waals surface area contributed by atoms with E-state index in [0.29, 0.717) is 26.2 Å². The summed E-state index contributed by atoms with van der Waals surface area (Å²) in [6, 6.07) is 9.40. The van der Waals surface area contributed by atoms with Gasteiger partial charge in [0, 0.05) is 36.5 Å². The zero-order chi connectivity index (χ0) is 27.0. The number of nitro benzene ring substituents is 1. The van der Waals surface area contributed by atoms with Crippen molar-refractivity contribution in [1.29, 1.82) is 0 Å². The number of allylic oxidation sites excluding steroid dienone is 1. The first-order valence-corrected chi connectivity index (χ1v) is 13.1. The summed E-state index contributed by atoms with van der Waals surface area (Å²) in [4.78, 5) is 44.9. The number of non-ortho nitro benzene ring substituents is 1. The van der Waals surface area contributed by atoms with Gasteiger partial charge in [-0.1, -0.05) is 23.5 Å². The SMILES string of the molecule is CCOC(=O)C1=C(C)N=c2sc(=Cc3cc([N+](=O)[O-])ccc3N3CCCC3)c(=O)n2C1c1ccc(F)cc1. The van der Waals surface area contributed by atoms with Crippen LogP contribution in [0.3, 0.4) is 0 Å². The molecule has 38 heavy (non-hydrogen) atoms. The van der Waals surface area contributed by atoms with Gasteiger partial charge in [0.1, 0.15) is 5.82 Å². The zero-order valence-electron chi connectivity index (χ0n) is 20.8. The Morgan fingerprint density at radius 1 is 1.24 bits per heavy atom. The normalized spacial score (nSPS) is 17.4. The summed E-state index contributed by atoms with van der Waals surface area (Å²) in [5.41, 5.74) is 2.03. The summed E-state index contributed by atoms with van der Waals surface area (Å²) in [7, 11) is 0. The molecule has 0 spiro atoms. The Balaban J connectivity index is 1.72. The minimum atomic E-state index is -0.865. The van der Waals surface area contributed by atoms with Gasteiger partial charge in [0.05, 0.1) is 33.4 Å². The van der Waals surface area contributed by atoms with Crippen molar-refractivity contribution in [2.45, 2.75) is 32.7 Å². The third-order valence-corrected chi connectivity index (χ3v) is 7.64. The van der Waals surface area contributed by atoms with Crippen LogP contribution in [0.25, 0.3) is 6.08 Å². The van der Waals surface area contributed by atoms with Gasteiger partial charge in [-0.05, 0) is 56.5 Å². The Bertz CT molecular complexity index is 1630. The van der Waals surface area contributed by atoms with E-state index in [-0.39, 0.29) is 17.9 Å². The fourth-order valence-corrected chi connectivity index (χ4v) is 5.95. The maximum Gasteiger partial charge on any atom is 0.338 e. The molecule has 196 valence electrons. The van der Waals surface area contributed by atoms with Gasteiger partial charge in [-0.25, -0.2) is 14.2 Å². The van der Waals surface area contributed by atoms with Crippen molar-refractivity contribution in [2.75, 3.05) is 24.6 Å². The van der Waals surface area contributed by atoms with Crippen molar-refractivity contribution in [3.05, 3.63) is 100 Å². The van der Waals surface area contributed by atoms with Crippen LogP contribution in [0.15, 0.2) is 63.5 Å². The van der Waals surface area contributed by atoms with Crippen molar-refractivity contribution in [3.63, 3.8) is 0 Å². The Morgan fingerprint density at radius 2 is 1.95 bits per heavy atom. The number of halogens is 1. The fourth-order valence-electron chi connectivity index (χ4n) is 4.91. The van der Waals surface area contributed by atoms with Crippen molar-refractivity contribution in [2.24, 2.45) is 4.99 Å². The lowest BCUT2D eigenvalue weighted by molar-refractivity contribution is -0.384. The summed E-state index contributed by atoms with van der Waals surface area (Å²) in [6.07, 6.45) is 3.69. The predicted molar refractivity (Wildman–Crippen MR) is 141 cm³/mol. The van der Waals surface area contributed by atoms with Crippen molar-refractivity contribution in [3.8, 4) is 0 Å². The molecule has 0 N–H and O–H groups in total. The van der Waals surface area contributed by atoms with E-state index in [0.717, 1.165) is 43.0 Å². The third kappa shape index (κ3) is 4.65. The largest absolute Gasteiger partial charge is 0.463 e. The number of ether oxygens (including phenoxy) is 1.